The second kappa shape index (κ2) is 2.98. The van der Waals surface area contributed by atoms with Gasteiger partial charge in [0.2, 0.25) is 0 Å². The van der Waals surface area contributed by atoms with Gasteiger partial charge in [0.05, 0.1) is 11.5 Å². The van der Waals surface area contributed by atoms with Gasteiger partial charge in [-0.05, 0) is 38.0 Å². The Kier molecular flexibility index (Phi) is 2.06. The highest BCUT2D eigenvalue weighted by molar-refractivity contribution is 5.72. The Bertz CT molecular complexity index is 216. The van der Waals surface area contributed by atoms with E-state index in [0.29, 0.717) is 5.92 Å². The van der Waals surface area contributed by atoms with Crippen LogP contribution in [-0.4, -0.2) is 23.8 Å². The van der Waals surface area contributed by atoms with Crippen molar-refractivity contribution in [2.75, 3.05) is 7.11 Å². The van der Waals surface area contributed by atoms with Gasteiger partial charge in [-0.2, -0.15) is 0 Å². The molecule has 0 aromatic carbocycles. The van der Waals surface area contributed by atoms with Crippen molar-refractivity contribution in [2.24, 2.45) is 11.8 Å². The predicted octanol–water partition coefficient (Wildman–Crippen LogP) is 1.67. The Hall–Kier alpha value is -0.570. The molecular weight excluding hydrogens is 168 g/mol. The number of fused-ring (bicyclic) bond motifs is 3. The SMILES string of the molecule is COC12CCC(CC1)CC2C(=O)O. The Balaban J connectivity index is 2.23. The molecule has 0 aliphatic heterocycles. The number of carboxylic acids is 1. The highest BCUT2D eigenvalue weighted by Crippen LogP contribution is 2.49. The Morgan fingerprint density at radius 2 is 2.08 bits per heavy atom. The molecule has 2 bridgehead atoms. The largest absolute Gasteiger partial charge is 0.481 e. The molecule has 0 radical (unpaired) electrons. The van der Waals surface area contributed by atoms with Crippen molar-refractivity contribution in [2.45, 2.75) is 37.7 Å². The summed E-state index contributed by atoms with van der Waals surface area (Å²) in [7, 11) is 1.65. The van der Waals surface area contributed by atoms with Crippen molar-refractivity contribution < 1.29 is 14.6 Å². The highest BCUT2D eigenvalue weighted by atomic mass is 16.5. The molecule has 0 amide bonds. The van der Waals surface area contributed by atoms with Gasteiger partial charge in [0.15, 0.2) is 0 Å². The van der Waals surface area contributed by atoms with E-state index in [1.54, 1.807) is 7.11 Å². The molecule has 3 fully saturated rings. The van der Waals surface area contributed by atoms with E-state index in [4.69, 9.17) is 9.84 Å². The summed E-state index contributed by atoms with van der Waals surface area (Å²) in [6.07, 6.45) is 4.99. The lowest BCUT2D eigenvalue weighted by Gasteiger charge is -2.49. The van der Waals surface area contributed by atoms with Gasteiger partial charge in [0.1, 0.15) is 0 Å². The molecule has 0 aromatic rings. The average molecular weight is 184 g/mol. The van der Waals surface area contributed by atoms with Crippen LogP contribution in [-0.2, 0) is 9.53 Å². The predicted molar refractivity (Wildman–Crippen MR) is 47.4 cm³/mol. The topological polar surface area (TPSA) is 46.5 Å². The van der Waals surface area contributed by atoms with E-state index < -0.39 is 5.97 Å². The average Bonchev–Trinajstić information content (AvgIpc) is 2.19. The van der Waals surface area contributed by atoms with Crippen LogP contribution in [0.5, 0.6) is 0 Å². The second-order valence-electron chi connectivity index (χ2n) is 4.34. The van der Waals surface area contributed by atoms with Crippen LogP contribution in [0.15, 0.2) is 0 Å². The van der Waals surface area contributed by atoms with Gasteiger partial charge in [0.25, 0.3) is 0 Å². The standard InChI is InChI=1S/C10H16O3/c1-13-10-4-2-7(3-5-10)6-8(10)9(11)12/h7-8H,2-6H2,1H3,(H,11,12). The first-order valence-electron chi connectivity index (χ1n) is 4.96. The quantitative estimate of drug-likeness (QED) is 0.710. The maximum absolute atomic E-state index is 11.0. The Morgan fingerprint density at radius 1 is 1.46 bits per heavy atom. The van der Waals surface area contributed by atoms with E-state index in [2.05, 4.69) is 0 Å². The monoisotopic (exact) mass is 184 g/mol. The van der Waals surface area contributed by atoms with Crippen molar-refractivity contribution in [1.82, 2.24) is 0 Å². The zero-order valence-electron chi connectivity index (χ0n) is 7.95. The molecule has 0 aromatic heterocycles. The summed E-state index contributed by atoms with van der Waals surface area (Å²) in [4.78, 5) is 11.0. The molecular formula is C10H16O3. The maximum Gasteiger partial charge on any atom is 0.309 e. The highest BCUT2D eigenvalue weighted by Gasteiger charge is 2.51. The molecule has 3 aliphatic rings. The van der Waals surface area contributed by atoms with Crippen LogP contribution in [0, 0.1) is 11.8 Å². The maximum atomic E-state index is 11.0. The van der Waals surface area contributed by atoms with E-state index in [-0.39, 0.29) is 11.5 Å². The zero-order valence-corrected chi connectivity index (χ0v) is 7.95. The van der Waals surface area contributed by atoms with Crippen LogP contribution in [0.25, 0.3) is 0 Å². The lowest BCUT2D eigenvalue weighted by Crippen LogP contribution is -2.52. The molecule has 3 heteroatoms. The van der Waals surface area contributed by atoms with Crippen LogP contribution < -0.4 is 0 Å². The summed E-state index contributed by atoms with van der Waals surface area (Å²) in [6.45, 7) is 0. The molecule has 3 aliphatic carbocycles. The van der Waals surface area contributed by atoms with Gasteiger partial charge in [-0.1, -0.05) is 0 Å². The van der Waals surface area contributed by atoms with Crippen LogP contribution in [0.1, 0.15) is 32.1 Å². The molecule has 13 heavy (non-hydrogen) atoms. The number of carbonyl (C=O) groups is 1. The molecule has 0 saturated heterocycles. The fourth-order valence-corrected chi connectivity index (χ4v) is 2.97. The first-order chi connectivity index (χ1) is 6.18. The normalized spacial score (nSPS) is 43.5. The molecule has 1 unspecified atom stereocenters. The smallest absolute Gasteiger partial charge is 0.309 e. The van der Waals surface area contributed by atoms with Crippen LogP contribution in [0.2, 0.25) is 0 Å². The van der Waals surface area contributed by atoms with Gasteiger partial charge in [0, 0.05) is 7.11 Å². The summed E-state index contributed by atoms with van der Waals surface area (Å²) < 4.78 is 5.46. The second-order valence-corrected chi connectivity index (χ2v) is 4.34. The molecule has 74 valence electrons. The molecule has 1 N–H and O–H groups in total. The van der Waals surface area contributed by atoms with Crippen molar-refractivity contribution >= 4 is 5.97 Å². The van der Waals surface area contributed by atoms with Gasteiger partial charge in [-0.15, -0.1) is 0 Å². The summed E-state index contributed by atoms with van der Waals surface area (Å²) in [5.74, 6) is -0.297. The minimum absolute atomic E-state index is 0.259. The summed E-state index contributed by atoms with van der Waals surface area (Å²) in [6, 6.07) is 0. The number of carboxylic acid groups (broad SMARTS) is 1. The van der Waals surface area contributed by atoms with Gasteiger partial charge in [-0.25, -0.2) is 0 Å². The Morgan fingerprint density at radius 3 is 2.46 bits per heavy atom. The molecule has 3 saturated carbocycles. The van der Waals surface area contributed by atoms with Crippen molar-refractivity contribution in [3.8, 4) is 0 Å². The number of ether oxygens (including phenoxy) is 1. The fourth-order valence-electron chi connectivity index (χ4n) is 2.97. The van der Waals surface area contributed by atoms with E-state index >= 15 is 0 Å². The summed E-state index contributed by atoms with van der Waals surface area (Å²) in [5.41, 5.74) is -0.333. The third-order valence-corrected chi connectivity index (χ3v) is 3.86. The number of aliphatic carboxylic acids is 1. The molecule has 3 rings (SSSR count). The molecule has 3 nitrogen and oxygen atoms in total. The van der Waals surface area contributed by atoms with Crippen molar-refractivity contribution in [1.29, 1.82) is 0 Å². The first kappa shape index (κ1) is 9.00. The summed E-state index contributed by atoms with van der Waals surface area (Å²) >= 11 is 0. The molecule has 0 heterocycles. The van der Waals surface area contributed by atoms with Crippen LogP contribution in [0.3, 0.4) is 0 Å². The lowest BCUT2D eigenvalue weighted by atomic mass is 9.61. The lowest BCUT2D eigenvalue weighted by molar-refractivity contribution is -0.173. The third kappa shape index (κ3) is 1.26. The number of rotatable bonds is 2. The van der Waals surface area contributed by atoms with E-state index in [1.165, 1.54) is 0 Å². The van der Waals surface area contributed by atoms with Gasteiger partial charge in [-0.3, -0.25) is 4.79 Å². The first-order valence-corrected chi connectivity index (χ1v) is 4.96. The minimum atomic E-state index is -0.675. The minimum Gasteiger partial charge on any atom is -0.481 e. The number of hydrogen-bond donors (Lipinski definition) is 1. The van der Waals surface area contributed by atoms with Crippen molar-refractivity contribution in [3.05, 3.63) is 0 Å². The molecule has 1 atom stereocenters. The van der Waals surface area contributed by atoms with Gasteiger partial charge >= 0.3 is 5.97 Å². The molecule has 0 spiro atoms. The number of methoxy groups -OCH3 is 1. The summed E-state index contributed by atoms with van der Waals surface area (Å²) in [5, 5.41) is 9.08. The van der Waals surface area contributed by atoms with E-state index in [1.807, 2.05) is 0 Å². The van der Waals surface area contributed by atoms with Crippen LogP contribution in [0.4, 0.5) is 0 Å². The van der Waals surface area contributed by atoms with E-state index in [9.17, 15) is 4.79 Å². The van der Waals surface area contributed by atoms with Crippen LogP contribution >= 0.6 is 0 Å². The number of hydrogen-bond acceptors (Lipinski definition) is 2. The Labute approximate surface area is 78.1 Å². The van der Waals surface area contributed by atoms with Gasteiger partial charge < -0.3 is 9.84 Å². The fraction of sp³-hybridized carbons (Fsp3) is 0.900. The van der Waals surface area contributed by atoms with E-state index in [0.717, 1.165) is 32.1 Å². The zero-order chi connectivity index (χ0) is 9.47. The third-order valence-electron chi connectivity index (χ3n) is 3.86. The van der Waals surface area contributed by atoms with Crippen molar-refractivity contribution in [3.63, 3.8) is 0 Å².